The molecule has 0 spiro atoms. The van der Waals surface area contributed by atoms with Crippen molar-refractivity contribution in [3.05, 3.63) is 34.9 Å². The maximum Gasteiger partial charge on any atom is 0.137 e. The van der Waals surface area contributed by atoms with Gasteiger partial charge in [-0.25, -0.2) is 0 Å². The second kappa shape index (κ2) is 6.62. The van der Waals surface area contributed by atoms with Crippen LogP contribution in [-0.4, -0.2) is 5.78 Å². The summed E-state index contributed by atoms with van der Waals surface area (Å²) in [5.74, 6) is 0.288. The monoisotopic (exact) mass is 224 g/mol. The molecular weight excluding hydrogens is 208 g/mol. The average molecular weight is 225 g/mol. The molecule has 1 nitrogen and oxygen atoms in total. The third kappa shape index (κ3) is 4.48. The Morgan fingerprint density at radius 2 is 2.00 bits per heavy atom. The Morgan fingerprint density at radius 1 is 1.27 bits per heavy atom. The van der Waals surface area contributed by atoms with Gasteiger partial charge in [0.2, 0.25) is 0 Å². The number of benzene rings is 1. The van der Waals surface area contributed by atoms with Gasteiger partial charge in [-0.05, 0) is 18.1 Å². The van der Waals surface area contributed by atoms with E-state index < -0.39 is 0 Å². The van der Waals surface area contributed by atoms with Gasteiger partial charge in [-0.1, -0.05) is 49.6 Å². The van der Waals surface area contributed by atoms with Crippen LogP contribution in [0.1, 0.15) is 38.2 Å². The molecule has 0 bridgehead atoms. The molecule has 0 amide bonds. The Labute approximate surface area is 96.5 Å². The molecule has 0 saturated carbocycles. The molecule has 0 atom stereocenters. The fraction of sp³-hybridized carbons (Fsp3) is 0.462. The number of carbonyl (C=O) groups excluding carboxylic acids is 1. The average Bonchev–Trinajstić information content (AvgIpc) is 2.22. The maximum atomic E-state index is 11.6. The number of hydrogen-bond donors (Lipinski definition) is 0. The molecule has 0 aromatic heterocycles. The molecule has 0 aliphatic heterocycles. The first kappa shape index (κ1) is 12.3. The van der Waals surface area contributed by atoms with Crippen LogP contribution in [-0.2, 0) is 11.2 Å². The van der Waals surface area contributed by atoms with Crippen LogP contribution in [0, 0.1) is 0 Å². The van der Waals surface area contributed by atoms with E-state index in [1.54, 1.807) is 0 Å². The van der Waals surface area contributed by atoms with Crippen LogP contribution in [0.15, 0.2) is 24.3 Å². The lowest BCUT2D eigenvalue weighted by atomic mass is 10.0. The molecule has 0 unspecified atom stereocenters. The smallest absolute Gasteiger partial charge is 0.137 e. The zero-order chi connectivity index (χ0) is 11.1. The molecule has 2 heteroatoms. The molecule has 82 valence electrons. The summed E-state index contributed by atoms with van der Waals surface area (Å²) in [5, 5.41) is 0.696. The first-order chi connectivity index (χ1) is 7.24. The second-order valence-electron chi connectivity index (χ2n) is 3.76. The zero-order valence-electron chi connectivity index (χ0n) is 9.13. The quantitative estimate of drug-likeness (QED) is 0.667. The Morgan fingerprint density at radius 3 is 2.67 bits per heavy atom. The highest BCUT2D eigenvalue weighted by atomic mass is 35.5. The van der Waals surface area contributed by atoms with E-state index in [0.29, 0.717) is 17.9 Å². The second-order valence-corrected chi connectivity index (χ2v) is 4.17. The van der Waals surface area contributed by atoms with Gasteiger partial charge in [0.15, 0.2) is 0 Å². The minimum absolute atomic E-state index is 0.288. The highest BCUT2D eigenvalue weighted by molar-refractivity contribution is 6.31. The molecule has 1 aromatic rings. The molecular formula is C13H17ClO. The van der Waals surface area contributed by atoms with Crippen molar-refractivity contribution in [2.45, 2.75) is 39.0 Å². The summed E-state index contributed by atoms with van der Waals surface area (Å²) in [6.45, 7) is 2.14. The van der Waals surface area contributed by atoms with E-state index in [0.717, 1.165) is 24.8 Å². The van der Waals surface area contributed by atoms with Gasteiger partial charge in [0.05, 0.1) is 0 Å². The Bertz CT molecular complexity index is 320. The van der Waals surface area contributed by atoms with E-state index in [9.17, 15) is 4.79 Å². The Kier molecular flexibility index (Phi) is 5.41. The van der Waals surface area contributed by atoms with Crippen molar-refractivity contribution in [2.75, 3.05) is 0 Å². The number of unbranched alkanes of at least 4 members (excludes halogenated alkanes) is 2. The molecule has 0 aliphatic carbocycles. The fourth-order valence-corrected chi connectivity index (χ4v) is 1.72. The highest BCUT2D eigenvalue weighted by Gasteiger charge is 2.05. The molecule has 0 aliphatic rings. The third-order valence-corrected chi connectivity index (χ3v) is 2.77. The summed E-state index contributed by atoms with van der Waals surface area (Å²) < 4.78 is 0. The first-order valence-corrected chi connectivity index (χ1v) is 5.87. The lowest BCUT2D eigenvalue weighted by Crippen LogP contribution is -2.02. The number of carbonyl (C=O) groups is 1. The summed E-state index contributed by atoms with van der Waals surface area (Å²) in [7, 11) is 0. The number of Topliss-reactive ketones (excluding diaryl/α,β-unsaturated/α-hetero) is 1. The van der Waals surface area contributed by atoms with Crippen molar-refractivity contribution < 1.29 is 4.79 Å². The summed E-state index contributed by atoms with van der Waals surface area (Å²) in [6, 6.07) is 7.55. The minimum Gasteiger partial charge on any atom is -0.299 e. The van der Waals surface area contributed by atoms with Crippen molar-refractivity contribution in [1.82, 2.24) is 0 Å². The van der Waals surface area contributed by atoms with Crippen molar-refractivity contribution in [3.63, 3.8) is 0 Å². The molecule has 0 saturated heterocycles. The zero-order valence-corrected chi connectivity index (χ0v) is 9.89. The number of halogens is 1. The molecule has 15 heavy (non-hydrogen) atoms. The standard InChI is InChI=1S/C13H17ClO/c1-2-3-4-8-12(15)10-11-7-5-6-9-13(11)14/h5-7,9H,2-4,8,10H2,1H3. The van der Waals surface area contributed by atoms with Gasteiger partial charge >= 0.3 is 0 Å². The van der Waals surface area contributed by atoms with Gasteiger partial charge in [-0.15, -0.1) is 0 Å². The highest BCUT2D eigenvalue weighted by Crippen LogP contribution is 2.16. The summed E-state index contributed by atoms with van der Waals surface area (Å²) in [4.78, 5) is 11.6. The summed E-state index contributed by atoms with van der Waals surface area (Å²) >= 11 is 5.98. The maximum absolute atomic E-state index is 11.6. The van der Waals surface area contributed by atoms with Crippen LogP contribution in [0.4, 0.5) is 0 Å². The Hall–Kier alpha value is -0.820. The predicted molar refractivity (Wildman–Crippen MR) is 64.3 cm³/mol. The molecule has 0 radical (unpaired) electrons. The van der Waals surface area contributed by atoms with Crippen molar-refractivity contribution in [3.8, 4) is 0 Å². The fourth-order valence-electron chi connectivity index (χ4n) is 1.51. The Balaban J connectivity index is 2.41. The largest absolute Gasteiger partial charge is 0.299 e. The van der Waals surface area contributed by atoms with Crippen LogP contribution in [0.3, 0.4) is 0 Å². The lowest BCUT2D eigenvalue weighted by Gasteiger charge is -2.03. The predicted octanol–water partition coefficient (Wildman–Crippen LogP) is 4.03. The molecule has 0 fully saturated rings. The van der Waals surface area contributed by atoms with Crippen LogP contribution >= 0.6 is 11.6 Å². The normalized spacial score (nSPS) is 10.3. The van der Waals surface area contributed by atoms with E-state index in [4.69, 9.17) is 11.6 Å². The van der Waals surface area contributed by atoms with Gasteiger partial charge < -0.3 is 0 Å². The van der Waals surface area contributed by atoms with Gasteiger partial charge in [0.25, 0.3) is 0 Å². The number of hydrogen-bond acceptors (Lipinski definition) is 1. The van der Waals surface area contributed by atoms with E-state index in [1.807, 2.05) is 24.3 Å². The van der Waals surface area contributed by atoms with Crippen molar-refractivity contribution >= 4 is 17.4 Å². The van der Waals surface area contributed by atoms with E-state index >= 15 is 0 Å². The van der Waals surface area contributed by atoms with Crippen molar-refractivity contribution in [2.24, 2.45) is 0 Å². The minimum atomic E-state index is 0.288. The number of ketones is 1. The topological polar surface area (TPSA) is 17.1 Å². The van der Waals surface area contributed by atoms with E-state index in [2.05, 4.69) is 6.92 Å². The van der Waals surface area contributed by atoms with Crippen LogP contribution < -0.4 is 0 Å². The van der Waals surface area contributed by atoms with Gasteiger partial charge in [-0.2, -0.15) is 0 Å². The first-order valence-electron chi connectivity index (χ1n) is 5.49. The van der Waals surface area contributed by atoms with Crippen molar-refractivity contribution in [1.29, 1.82) is 0 Å². The summed E-state index contributed by atoms with van der Waals surface area (Å²) in [5.41, 5.74) is 0.945. The molecule has 0 heterocycles. The third-order valence-electron chi connectivity index (χ3n) is 2.40. The van der Waals surface area contributed by atoms with Crippen LogP contribution in [0.2, 0.25) is 5.02 Å². The van der Waals surface area contributed by atoms with Gasteiger partial charge in [-0.3, -0.25) is 4.79 Å². The van der Waals surface area contributed by atoms with E-state index in [-0.39, 0.29) is 5.78 Å². The van der Waals surface area contributed by atoms with Crippen LogP contribution in [0.25, 0.3) is 0 Å². The number of rotatable bonds is 6. The van der Waals surface area contributed by atoms with Gasteiger partial charge in [0.1, 0.15) is 5.78 Å². The van der Waals surface area contributed by atoms with Crippen LogP contribution in [0.5, 0.6) is 0 Å². The molecule has 1 aromatic carbocycles. The van der Waals surface area contributed by atoms with Gasteiger partial charge in [0, 0.05) is 17.9 Å². The SMILES string of the molecule is CCCCCC(=O)Cc1ccccc1Cl. The van der Waals surface area contributed by atoms with E-state index in [1.165, 1.54) is 0 Å². The lowest BCUT2D eigenvalue weighted by molar-refractivity contribution is -0.118. The summed E-state index contributed by atoms with van der Waals surface area (Å²) in [6.07, 6.45) is 4.44. The molecule has 1 rings (SSSR count). The molecule has 0 N–H and O–H groups in total.